The lowest BCUT2D eigenvalue weighted by atomic mass is 9.94. The lowest BCUT2D eigenvalue weighted by molar-refractivity contribution is 1.24. The Bertz CT molecular complexity index is 1320. The number of hydrogen-bond donors (Lipinski definition) is 0. The molecule has 154 valence electrons. The standard InChI is InChI=1S/C32H26/c1-21(25-13-7-15-29-27-11-5-3-9-23(27)19-31(25)29)17-18-22(2)26-14-8-16-30-28-12-6-4-10-24(28)20-32(26)30/h3-18H,19-20H2,1-2H3. The van der Waals surface area contributed by atoms with E-state index in [1.807, 2.05) is 0 Å². The van der Waals surface area contributed by atoms with Crippen LogP contribution in [-0.4, -0.2) is 0 Å². The third-order valence-electron chi connectivity index (χ3n) is 7.13. The second-order valence-corrected chi connectivity index (χ2v) is 9.03. The van der Waals surface area contributed by atoms with Crippen molar-refractivity contribution in [2.24, 2.45) is 0 Å². The van der Waals surface area contributed by atoms with Gasteiger partial charge in [-0.15, -0.1) is 0 Å². The van der Waals surface area contributed by atoms with Gasteiger partial charge in [-0.1, -0.05) is 97.1 Å². The minimum atomic E-state index is 1.03. The average molecular weight is 411 g/mol. The van der Waals surface area contributed by atoms with Crippen molar-refractivity contribution in [3.05, 3.63) is 130 Å². The maximum atomic E-state index is 2.30. The van der Waals surface area contributed by atoms with Gasteiger partial charge in [0.05, 0.1) is 0 Å². The zero-order valence-corrected chi connectivity index (χ0v) is 18.7. The molecular weight excluding hydrogens is 384 g/mol. The van der Waals surface area contributed by atoms with Crippen LogP contribution in [0.4, 0.5) is 0 Å². The Kier molecular flexibility index (Phi) is 4.47. The SMILES string of the molecule is CC(=CC=C(C)c1cccc2c1Cc1ccccc1-2)c1cccc2c1Cc1ccccc1-2. The Labute approximate surface area is 190 Å². The number of rotatable bonds is 3. The van der Waals surface area contributed by atoms with Crippen LogP contribution >= 0.6 is 0 Å². The highest BCUT2D eigenvalue weighted by molar-refractivity contribution is 5.86. The van der Waals surface area contributed by atoms with Gasteiger partial charge in [0, 0.05) is 0 Å². The van der Waals surface area contributed by atoms with E-state index in [0.29, 0.717) is 0 Å². The molecular formula is C32H26. The van der Waals surface area contributed by atoms with Crippen LogP contribution in [0.3, 0.4) is 0 Å². The third kappa shape index (κ3) is 2.99. The largest absolute Gasteiger partial charge is 0.0619 e. The summed E-state index contributed by atoms with van der Waals surface area (Å²) in [4.78, 5) is 0. The van der Waals surface area contributed by atoms with Crippen molar-refractivity contribution >= 4 is 11.1 Å². The van der Waals surface area contributed by atoms with E-state index in [4.69, 9.17) is 0 Å². The molecule has 0 aromatic heterocycles. The zero-order valence-electron chi connectivity index (χ0n) is 18.7. The molecule has 0 N–H and O–H groups in total. The van der Waals surface area contributed by atoms with Crippen LogP contribution in [0.5, 0.6) is 0 Å². The highest BCUT2D eigenvalue weighted by atomic mass is 14.3. The van der Waals surface area contributed by atoms with Gasteiger partial charge < -0.3 is 0 Å². The Morgan fingerprint density at radius 2 is 0.906 bits per heavy atom. The fourth-order valence-electron chi connectivity index (χ4n) is 5.48. The van der Waals surface area contributed by atoms with Crippen molar-refractivity contribution in [2.45, 2.75) is 26.7 Å². The molecule has 2 aliphatic carbocycles. The zero-order chi connectivity index (χ0) is 21.7. The smallest absolute Gasteiger partial charge is 0.000740 e. The average Bonchev–Trinajstić information content (AvgIpc) is 3.40. The van der Waals surface area contributed by atoms with E-state index < -0.39 is 0 Å². The van der Waals surface area contributed by atoms with Gasteiger partial charge in [0.25, 0.3) is 0 Å². The summed E-state index contributed by atoms with van der Waals surface area (Å²) in [7, 11) is 0. The monoisotopic (exact) mass is 410 g/mol. The predicted molar refractivity (Wildman–Crippen MR) is 137 cm³/mol. The van der Waals surface area contributed by atoms with Crippen molar-refractivity contribution in [2.75, 3.05) is 0 Å². The first kappa shape index (κ1) is 19.1. The molecule has 0 fully saturated rings. The third-order valence-corrected chi connectivity index (χ3v) is 7.13. The molecule has 0 saturated carbocycles. The highest BCUT2D eigenvalue weighted by Crippen LogP contribution is 2.41. The van der Waals surface area contributed by atoms with Crippen LogP contribution in [-0.2, 0) is 12.8 Å². The fourth-order valence-corrected chi connectivity index (χ4v) is 5.48. The van der Waals surface area contributed by atoms with Crippen molar-refractivity contribution in [1.29, 1.82) is 0 Å². The molecule has 2 aliphatic rings. The topological polar surface area (TPSA) is 0 Å². The van der Waals surface area contributed by atoms with Crippen LogP contribution in [0.25, 0.3) is 33.4 Å². The first-order valence-electron chi connectivity index (χ1n) is 11.5. The van der Waals surface area contributed by atoms with Gasteiger partial charge in [0.2, 0.25) is 0 Å². The maximum Gasteiger partial charge on any atom is -0.000740 e. The van der Waals surface area contributed by atoms with Crippen LogP contribution in [0.15, 0.2) is 97.1 Å². The Hall–Kier alpha value is -3.64. The Morgan fingerprint density at radius 3 is 1.38 bits per heavy atom. The summed E-state index contributed by atoms with van der Waals surface area (Å²) in [6.45, 7) is 4.49. The highest BCUT2D eigenvalue weighted by Gasteiger charge is 2.22. The second kappa shape index (κ2) is 7.50. The Morgan fingerprint density at radius 1 is 0.500 bits per heavy atom. The summed E-state index contributed by atoms with van der Waals surface area (Å²) in [5.41, 5.74) is 16.8. The van der Waals surface area contributed by atoms with Crippen molar-refractivity contribution < 1.29 is 0 Å². The van der Waals surface area contributed by atoms with Gasteiger partial charge in [-0.25, -0.2) is 0 Å². The molecule has 0 aliphatic heterocycles. The number of fused-ring (bicyclic) bond motifs is 6. The predicted octanol–water partition coefficient (Wildman–Crippen LogP) is 8.34. The molecule has 0 heterocycles. The summed E-state index contributed by atoms with van der Waals surface area (Å²) >= 11 is 0. The quantitative estimate of drug-likeness (QED) is 0.257. The molecule has 4 aromatic rings. The molecule has 4 aromatic carbocycles. The molecule has 32 heavy (non-hydrogen) atoms. The van der Waals surface area contributed by atoms with Crippen LogP contribution in [0, 0.1) is 0 Å². The van der Waals surface area contributed by atoms with Crippen LogP contribution < -0.4 is 0 Å². The van der Waals surface area contributed by atoms with E-state index in [2.05, 4.69) is 111 Å². The summed E-state index contributed by atoms with van der Waals surface area (Å²) in [5, 5.41) is 0. The lowest BCUT2D eigenvalue weighted by Gasteiger charge is -2.10. The molecule has 0 nitrogen and oxygen atoms in total. The number of benzene rings is 4. The van der Waals surface area contributed by atoms with Crippen molar-refractivity contribution in [1.82, 2.24) is 0 Å². The van der Waals surface area contributed by atoms with Gasteiger partial charge in [0.15, 0.2) is 0 Å². The van der Waals surface area contributed by atoms with Crippen molar-refractivity contribution in [3.8, 4) is 22.3 Å². The van der Waals surface area contributed by atoms with Crippen LogP contribution in [0.1, 0.15) is 47.2 Å². The van der Waals surface area contributed by atoms with E-state index in [1.54, 1.807) is 0 Å². The molecule has 0 saturated heterocycles. The van der Waals surface area contributed by atoms with E-state index in [-0.39, 0.29) is 0 Å². The Balaban J connectivity index is 1.35. The van der Waals surface area contributed by atoms with Gasteiger partial charge >= 0.3 is 0 Å². The molecule has 0 unspecified atom stereocenters. The summed E-state index contributed by atoms with van der Waals surface area (Å²) in [6, 6.07) is 31.1. The first-order valence-corrected chi connectivity index (χ1v) is 11.5. The van der Waals surface area contributed by atoms with E-state index in [9.17, 15) is 0 Å². The molecule has 0 radical (unpaired) electrons. The summed E-state index contributed by atoms with van der Waals surface area (Å²) in [5.74, 6) is 0. The molecule has 0 amide bonds. The minimum absolute atomic E-state index is 1.03. The van der Waals surface area contributed by atoms with Gasteiger partial charge in [0.1, 0.15) is 0 Å². The van der Waals surface area contributed by atoms with Gasteiger partial charge in [-0.2, -0.15) is 0 Å². The first-order chi connectivity index (χ1) is 15.7. The second-order valence-electron chi connectivity index (χ2n) is 9.03. The minimum Gasteiger partial charge on any atom is -0.0619 e. The number of allylic oxidation sites excluding steroid dienone is 4. The van der Waals surface area contributed by atoms with Crippen LogP contribution in [0.2, 0.25) is 0 Å². The van der Waals surface area contributed by atoms with Crippen molar-refractivity contribution in [3.63, 3.8) is 0 Å². The molecule has 0 heteroatoms. The lowest BCUT2D eigenvalue weighted by Crippen LogP contribution is -1.91. The fraction of sp³-hybridized carbons (Fsp3) is 0.125. The summed E-state index contributed by atoms with van der Waals surface area (Å²) < 4.78 is 0. The molecule has 0 spiro atoms. The van der Waals surface area contributed by atoms with E-state index >= 15 is 0 Å². The molecule has 0 atom stereocenters. The maximum absolute atomic E-state index is 2.30. The normalized spacial score (nSPS) is 14.1. The van der Waals surface area contributed by atoms with Gasteiger partial charge in [-0.3, -0.25) is 0 Å². The van der Waals surface area contributed by atoms with E-state index in [1.165, 1.54) is 66.8 Å². The number of hydrogen-bond acceptors (Lipinski definition) is 0. The van der Waals surface area contributed by atoms with Gasteiger partial charge in [-0.05, 0) is 93.5 Å². The molecule has 6 rings (SSSR count). The summed E-state index contributed by atoms with van der Waals surface area (Å²) in [6.07, 6.45) is 6.66. The molecule has 0 bridgehead atoms. The van der Waals surface area contributed by atoms with E-state index in [0.717, 1.165) is 12.8 Å².